The second kappa shape index (κ2) is 4.26. The molecule has 0 fully saturated rings. The van der Waals surface area contributed by atoms with Gasteiger partial charge in [-0.05, 0) is 12.3 Å². The number of carboxylic acids is 1. The Labute approximate surface area is 88.1 Å². The zero-order chi connectivity index (χ0) is 11.6. The Bertz CT molecular complexity index is 435. The number of benzene rings is 1. The van der Waals surface area contributed by atoms with E-state index >= 15 is 0 Å². The first kappa shape index (κ1) is 11.4. The van der Waals surface area contributed by atoms with Crippen LogP contribution in [0, 0.1) is 15.9 Å². The fourth-order valence-electron chi connectivity index (χ4n) is 1.02. The third-order valence-corrected chi connectivity index (χ3v) is 2.45. The van der Waals surface area contributed by atoms with Gasteiger partial charge in [0, 0.05) is 4.90 Å². The number of halogens is 1. The summed E-state index contributed by atoms with van der Waals surface area (Å²) in [7, 11) is 0. The first-order chi connectivity index (χ1) is 6.97. The lowest BCUT2D eigenvalue weighted by molar-refractivity contribution is -0.385. The van der Waals surface area contributed by atoms with Gasteiger partial charge in [-0.15, -0.1) is 11.8 Å². The van der Waals surface area contributed by atoms with Gasteiger partial charge in [-0.3, -0.25) is 10.1 Å². The monoisotopic (exact) mass is 231 g/mol. The number of hydrogen-bond acceptors (Lipinski definition) is 4. The van der Waals surface area contributed by atoms with Crippen LogP contribution >= 0.6 is 11.8 Å². The van der Waals surface area contributed by atoms with E-state index in [0.29, 0.717) is 6.07 Å². The van der Waals surface area contributed by atoms with E-state index in [9.17, 15) is 19.3 Å². The molecular weight excluding hydrogens is 225 g/mol. The Morgan fingerprint density at radius 2 is 2.20 bits per heavy atom. The lowest BCUT2D eigenvalue weighted by atomic mass is 10.2. The van der Waals surface area contributed by atoms with Crippen LogP contribution < -0.4 is 0 Å². The summed E-state index contributed by atoms with van der Waals surface area (Å²) in [4.78, 5) is 20.3. The van der Waals surface area contributed by atoms with Crippen molar-refractivity contribution in [2.75, 3.05) is 6.26 Å². The summed E-state index contributed by atoms with van der Waals surface area (Å²) >= 11 is 0.986. The van der Waals surface area contributed by atoms with Crippen molar-refractivity contribution in [1.82, 2.24) is 0 Å². The molecule has 0 amide bonds. The third-order valence-electron chi connectivity index (χ3n) is 1.70. The summed E-state index contributed by atoms with van der Waals surface area (Å²) in [6.45, 7) is 0. The smallest absolute Gasteiger partial charge is 0.342 e. The lowest BCUT2D eigenvalue weighted by Crippen LogP contribution is -2.04. The maximum atomic E-state index is 13.1. The van der Waals surface area contributed by atoms with Crippen LogP contribution in [0.2, 0.25) is 0 Å². The van der Waals surface area contributed by atoms with Crippen LogP contribution in [0.3, 0.4) is 0 Å². The normalized spacial score (nSPS) is 10.0. The van der Waals surface area contributed by atoms with Crippen LogP contribution in [-0.2, 0) is 0 Å². The van der Waals surface area contributed by atoms with Crippen LogP contribution in [0.15, 0.2) is 17.0 Å². The van der Waals surface area contributed by atoms with Gasteiger partial charge in [0.25, 0.3) is 5.69 Å². The van der Waals surface area contributed by atoms with E-state index in [-0.39, 0.29) is 4.90 Å². The van der Waals surface area contributed by atoms with Crippen molar-refractivity contribution in [2.24, 2.45) is 0 Å². The van der Waals surface area contributed by atoms with Gasteiger partial charge < -0.3 is 5.11 Å². The molecule has 0 bridgehead atoms. The van der Waals surface area contributed by atoms with Crippen LogP contribution in [0.4, 0.5) is 10.1 Å². The van der Waals surface area contributed by atoms with Crippen molar-refractivity contribution in [3.8, 4) is 0 Å². The summed E-state index contributed by atoms with van der Waals surface area (Å²) in [5.41, 5.74) is -1.25. The van der Waals surface area contributed by atoms with E-state index in [1.165, 1.54) is 0 Å². The number of aromatic carboxylic acids is 1. The van der Waals surface area contributed by atoms with Crippen molar-refractivity contribution in [3.05, 3.63) is 33.6 Å². The van der Waals surface area contributed by atoms with Crippen LogP contribution in [-0.4, -0.2) is 22.3 Å². The molecular formula is C8H6FNO4S. The summed E-state index contributed by atoms with van der Waals surface area (Å²) in [5.74, 6) is -2.24. The Hall–Kier alpha value is -1.63. The Morgan fingerprint density at radius 1 is 1.60 bits per heavy atom. The quantitative estimate of drug-likeness (QED) is 0.489. The number of hydrogen-bond donors (Lipinski definition) is 1. The molecule has 1 aromatic carbocycles. The Balaban J connectivity index is 3.45. The minimum atomic E-state index is -1.45. The third kappa shape index (κ3) is 2.24. The topological polar surface area (TPSA) is 80.4 Å². The highest BCUT2D eigenvalue weighted by Crippen LogP contribution is 2.27. The van der Waals surface area contributed by atoms with E-state index in [1.54, 1.807) is 6.26 Å². The SMILES string of the molecule is CSc1cc(C(=O)O)c([N+](=O)[O-])cc1F. The van der Waals surface area contributed by atoms with Gasteiger partial charge in [0.2, 0.25) is 0 Å². The molecule has 1 N–H and O–H groups in total. The maximum Gasteiger partial charge on any atom is 0.342 e. The first-order valence-electron chi connectivity index (χ1n) is 3.72. The van der Waals surface area contributed by atoms with E-state index < -0.39 is 28.0 Å². The zero-order valence-electron chi connectivity index (χ0n) is 7.56. The van der Waals surface area contributed by atoms with Crippen LogP contribution in [0.1, 0.15) is 10.4 Å². The van der Waals surface area contributed by atoms with Gasteiger partial charge in [-0.25, -0.2) is 9.18 Å². The molecule has 0 unspecified atom stereocenters. The Kier molecular flexibility index (Phi) is 3.25. The van der Waals surface area contributed by atoms with E-state index in [0.717, 1.165) is 17.8 Å². The lowest BCUT2D eigenvalue weighted by Gasteiger charge is -2.02. The van der Waals surface area contributed by atoms with Gasteiger partial charge in [0.15, 0.2) is 0 Å². The second-order valence-corrected chi connectivity index (χ2v) is 3.41. The summed E-state index contributed by atoms with van der Waals surface area (Å²) in [5, 5.41) is 19.1. The average Bonchev–Trinajstić information content (AvgIpc) is 2.16. The highest BCUT2D eigenvalue weighted by molar-refractivity contribution is 7.98. The molecule has 1 rings (SSSR count). The van der Waals surface area contributed by atoms with Crippen molar-refractivity contribution in [1.29, 1.82) is 0 Å². The van der Waals surface area contributed by atoms with Gasteiger partial charge >= 0.3 is 5.97 Å². The Morgan fingerprint density at radius 3 is 2.60 bits per heavy atom. The molecule has 0 aliphatic carbocycles. The fourth-order valence-corrected chi connectivity index (χ4v) is 1.51. The van der Waals surface area contributed by atoms with E-state index in [2.05, 4.69) is 0 Å². The zero-order valence-corrected chi connectivity index (χ0v) is 8.38. The maximum absolute atomic E-state index is 13.1. The standard InChI is InChI=1S/C8H6FNO4S/c1-15-7-2-4(8(11)12)6(10(13)14)3-5(7)9/h2-3H,1H3,(H,11,12). The molecule has 0 saturated heterocycles. The highest BCUT2D eigenvalue weighted by Gasteiger charge is 2.22. The molecule has 1 aromatic rings. The predicted octanol–water partition coefficient (Wildman–Crippen LogP) is 2.15. The summed E-state index contributed by atoms with van der Waals surface area (Å²) in [6.07, 6.45) is 1.55. The molecule has 0 atom stereocenters. The molecule has 0 aromatic heterocycles. The van der Waals surface area contributed by atoms with Gasteiger partial charge in [-0.1, -0.05) is 0 Å². The van der Waals surface area contributed by atoms with Gasteiger partial charge in [0.05, 0.1) is 11.0 Å². The van der Waals surface area contributed by atoms with Crippen molar-refractivity contribution in [3.63, 3.8) is 0 Å². The number of rotatable bonds is 3. The molecule has 5 nitrogen and oxygen atoms in total. The minimum Gasteiger partial charge on any atom is -0.477 e. The summed E-state index contributed by atoms with van der Waals surface area (Å²) < 4.78 is 13.1. The van der Waals surface area contributed by atoms with Gasteiger partial charge in [-0.2, -0.15) is 0 Å². The highest BCUT2D eigenvalue weighted by atomic mass is 32.2. The molecule has 0 saturated carbocycles. The number of carbonyl (C=O) groups is 1. The van der Waals surface area contributed by atoms with Gasteiger partial charge in [0.1, 0.15) is 11.4 Å². The first-order valence-corrected chi connectivity index (χ1v) is 4.95. The van der Waals surface area contributed by atoms with Crippen molar-refractivity contribution in [2.45, 2.75) is 4.90 Å². The molecule has 0 aliphatic heterocycles. The molecule has 0 radical (unpaired) electrons. The molecule has 0 spiro atoms. The molecule has 0 heterocycles. The average molecular weight is 231 g/mol. The number of nitrogens with zero attached hydrogens (tertiary/aromatic N) is 1. The molecule has 15 heavy (non-hydrogen) atoms. The molecule has 0 aliphatic rings. The number of nitro benzene ring substituents is 1. The molecule has 7 heteroatoms. The minimum absolute atomic E-state index is 0.0676. The van der Waals surface area contributed by atoms with Crippen LogP contribution in [0.5, 0.6) is 0 Å². The second-order valence-electron chi connectivity index (χ2n) is 2.57. The number of carboxylic acid groups (broad SMARTS) is 1. The van der Waals surface area contributed by atoms with Crippen LogP contribution in [0.25, 0.3) is 0 Å². The number of thioether (sulfide) groups is 1. The molecule has 80 valence electrons. The predicted molar refractivity (Wildman–Crippen MR) is 51.8 cm³/mol. The van der Waals surface area contributed by atoms with E-state index in [1.807, 2.05) is 0 Å². The largest absolute Gasteiger partial charge is 0.477 e. The summed E-state index contributed by atoms with van der Waals surface area (Å²) in [6, 6.07) is 1.58. The fraction of sp³-hybridized carbons (Fsp3) is 0.125. The van der Waals surface area contributed by atoms with Crippen molar-refractivity contribution < 1.29 is 19.2 Å². The van der Waals surface area contributed by atoms with Crippen molar-refractivity contribution >= 4 is 23.4 Å². The van der Waals surface area contributed by atoms with E-state index in [4.69, 9.17) is 5.11 Å². The number of nitro groups is 1.